The molecule has 0 aromatic carbocycles. The molecule has 0 saturated carbocycles. The first-order chi connectivity index (χ1) is 7.80. The fourth-order valence-corrected chi connectivity index (χ4v) is 2.09. The lowest BCUT2D eigenvalue weighted by Gasteiger charge is -2.26. The van der Waals surface area contributed by atoms with Crippen LogP contribution in [0.2, 0.25) is 0 Å². The summed E-state index contributed by atoms with van der Waals surface area (Å²) in [5.41, 5.74) is 5.13. The monoisotopic (exact) mass is 270 g/mol. The first-order valence-electron chi connectivity index (χ1n) is 5.47. The Balaban J connectivity index is 2.46. The minimum atomic E-state index is -4.38. The van der Waals surface area contributed by atoms with E-state index in [1.165, 1.54) is 0 Å². The summed E-state index contributed by atoms with van der Waals surface area (Å²) in [5, 5.41) is 0. The molecule has 2 unspecified atom stereocenters. The molecule has 2 N–H and O–H groups in total. The van der Waals surface area contributed by atoms with Crippen LogP contribution in [0.25, 0.3) is 0 Å². The molecule has 2 atom stereocenters. The molecule has 0 amide bonds. The Morgan fingerprint density at radius 3 is 2.65 bits per heavy atom. The number of hydrogen-bond donors (Lipinski definition) is 1. The third-order valence-electron chi connectivity index (χ3n) is 2.77. The van der Waals surface area contributed by atoms with Crippen LogP contribution in [0.5, 0.6) is 0 Å². The van der Waals surface area contributed by atoms with Gasteiger partial charge in [0.25, 0.3) is 0 Å². The van der Waals surface area contributed by atoms with E-state index in [9.17, 15) is 13.2 Å². The third kappa shape index (κ3) is 4.77. The van der Waals surface area contributed by atoms with Crippen molar-refractivity contribution in [1.82, 2.24) is 4.90 Å². The van der Waals surface area contributed by atoms with Crippen molar-refractivity contribution in [2.45, 2.75) is 25.1 Å². The predicted octanol–water partition coefficient (Wildman–Crippen LogP) is 1.56. The number of hydrogen-bond acceptors (Lipinski definition) is 3. The van der Waals surface area contributed by atoms with Gasteiger partial charge in [-0.25, -0.2) is 0 Å². The molecule has 0 bridgehead atoms. The van der Waals surface area contributed by atoms with Gasteiger partial charge in [-0.15, -0.1) is 0 Å². The summed E-state index contributed by atoms with van der Waals surface area (Å²) in [6.07, 6.45) is -2.48. The van der Waals surface area contributed by atoms with Crippen molar-refractivity contribution in [3.8, 4) is 0 Å². The Morgan fingerprint density at radius 2 is 2.24 bits per heavy atom. The van der Waals surface area contributed by atoms with Crippen molar-refractivity contribution >= 4 is 17.2 Å². The molecule has 1 aliphatic heterocycles. The largest absolute Gasteiger partial charge is 0.399 e. The standard InChI is InChI=1S/C10H17F3N2OS/c1-15(5-7-3-2-4-16-7)6-8(9(14)17)10(11,12)13/h7-8H,2-6H2,1H3,(H2,14,17). The summed E-state index contributed by atoms with van der Waals surface area (Å²) in [6, 6.07) is 0. The van der Waals surface area contributed by atoms with Crippen LogP contribution in [0, 0.1) is 5.92 Å². The molecule has 1 aliphatic rings. The topological polar surface area (TPSA) is 38.5 Å². The van der Waals surface area contributed by atoms with Crippen LogP contribution >= 0.6 is 12.2 Å². The fraction of sp³-hybridized carbons (Fsp3) is 0.900. The van der Waals surface area contributed by atoms with Crippen LogP contribution in [-0.2, 0) is 4.74 Å². The number of alkyl halides is 3. The van der Waals surface area contributed by atoms with Gasteiger partial charge in [-0.05, 0) is 19.9 Å². The number of likely N-dealkylation sites (N-methyl/N-ethyl adjacent to an activating group) is 1. The number of halogens is 3. The lowest BCUT2D eigenvalue weighted by molar-refractivity contribution is -0.159. The van der Waals surface area contributed by atoms with Crippen molar-refractivity contribution in [2.75, 3.05) is 26.7 Å². The maximum absolute atomic E-state index is 12.6. The summed E-state index contributed by atoms with van der Waals surface area (Å²) in [4.78, 5) is 1.07. The summed E-state index contributed by atoms with van der Waals surface area (Å²) in [5.74, 6) is -1.75. The van der Waals surface area contributed by atoms with E-state index in [2.05, 4.69) is 12.2 Å². The maximum Gasteiger partial charge on any atom is 0.399 e. The first-order valence-corrected chi connectivity index (χ1v) is 5.87. The Kier molecular flexibility index (Phi) is 5.15. The van der Waals surface area contributed by atoms with Crippen molar-refractivity contribution in [3.63, 3.8) is 0 Å². The molecule has 0 radical (unpaired) electrons. The van der Waals surface area contributed by atoms with E-state index in [1.807, 2.05) is 0 Å². The van der Waals surface area contributed by atoms with Gasteiger partial charge >= 0.3 is 6.18 Å². The van der Waals surface area contributed by atoms with E-state index in [0.717, 1.165) is 12.8 Å². The minimum Gasteiger partial charge on any atom is -0.393 e. The fourth-order valence-electron chi connectivity index (χ4n) is 1.88. The second-order valence-electron chi connectivity index (χ2n) is 4.35. The lowest BCUT2D eigenvalue weighted by Crippen LogP contribution is -2.44. The van der Waals surface area contributed by atoms with E-state index < -0.39 is 17.1 Å². The van der Waals surface area contributed by atoms with Gasteiger partial charge < -0.3 is 15.4 Å². The van der Waals surface area contributed by atoms with Crippen molar-refractivity contribution in [1.29, 1.82) is 0 Å². The zero-order chi connectivity index (χ0) is 13.1. The second-order valence-corrected chi connectivity index (χ2v) is 4.82. The molecule has 1 heterocycles. The zero-order valence-corrected chi connectivity index (χ0v) is 10.5. The van der Waals surface area contributed by atoms with Gasteiger partial charge in [0, 0.05) is 19.7 Å². The molecule has 17 heavy (non-hydrogen) atoms. The Labute approximate surface area is 104 Å². The highest BCUT2D eigenvalue weighted by Gasteiger charge is 2.42. The first kappa shape index (κ1) is 14.7. The molecule has 0 aliphatic carbocycles. The highest BCUT2D eigenvalue weighted by molar-refractivity contribution is 7.80. The normalized spacial score (nSPS) is 23.0. The SMILES string of the molecule is CN(CC1CCCO1)CC(C(N)=S)C(F)(F)F. The molecular weight excluding hydrogens is 253 g/mol. The van der Waals surface area contributed by atoms with Gasteiger partial charge in [0.05, 0.1) is 11.1 Å². The Hall–Kier alpha value is -0.400. The van der Waals surface area contributed by atoms with E-state index in [-0.39, 0.29) is 12.6 Å². The van der Waals surface area contributed by atoms with Gasteiger partial charge in [0.1, 0.15) is 5.92 Å². The van der Waals surface area contributed by atoms with E-state index in [1.54, 1.807) is 11.9 Å². The smallest absolute Gasteiger partial charge is 0.393 e. The number of nitrogens with zero attached hydrogens (tertiary/aromatic N) is 1. The van der Waals surface area contributed by atoms with Crippen LogP contribution < -0.4 is 5.73 Å². The molecule has 0 aromatic rings. The predicted molar refractivity (Wildman–Crippen MR) is 62.8 cm³/mol. The van der Waals surface area contributed by atoms with Gasteiger partial charge in [-0.3, -0.25) is 0 Å². The second kappa shape index (κ2) is 5.97. The third-order valence-corrected chi connectivity index (χ3v) is 3.06. The Morgan fingerprint density at radius 1 is 1.59 bits per heavy atom. The van der Waals surface area contributed by atoms with Gasteiger partial charge in [-0.2, -0.15) is 13.2 Å². The summed E-state index contributed by atoms with van der Waals surface area (Å²) in [6.45, 7) is 0.963. The van der Waals surface area contributed by atoms with E-state index in [4.69, 9.17) is 10.5 Å². The molecule has 1 fully saturated rings. The van der Waals surface area contributed by atoms with Crippen molar-refractivity contribution in [2.24, 2.45) is 11.7 Å². The molecular formula is C10H17F3N2OS. The zero-order valence-electron chi connectivity index (χ0n) is 9.67. The maximum atomic E-state index is 12.6. The molecule has 3 nitrogen and oxygen atoms in total. The van der Waals surface area contributed by atoms with E-state index >= 15 is 0 Å². The average Bonchev–Trinajstić information content (AvgIpc) is 2.64. The van der Waals surface area contributed by atoms with Crippen LogP contribution in [0.15, 0.2) is 0 Å². The van der Waals surface area contributed by atoms with Crippen LogP contribution in [-0.4, -0.2) is 48.9 Å². The number of ether oxygens (including phenoxy) is 1. The minimum absolute atomic E-state index is 0.0280. The molecule has 0 spiro atoms. The van der Waals surface area contributed by atoms with Gasteiger partial charge in [0.15, 0.2) is 0 Å². The highest BCUT2D eigenvalue weighted by Crippen LogP contribution is 2.27. The summed E-state index contributed by atoms with van der Waals surface area (Å²) < 4.78 is 43.2. The van der Waals surface area contributed by atoms with Gasteiger partial charge in [-0.1, -0.05) is 12.2 Å². The van der Waals surface area contributed by atoms with E-state index in [0.29, 0.717) is 13.2 Å². The Bertz CT molecular complexity index is 267. The highest BCUT2D eigenvalue weighted by atomic mass is 32.1. The van der Waals surface area contributed by atoms with Crippen LogP contribution in [0.3, 0.4) is 0 Å². The molecule has 7 heteroatoms. The molecule has 100 valence electrons. The summed E-state index contributed by atoms with van der Waals surface area (Å²) in [7, 11) is 1.62. The van der Waals surface area contributed by atoms with Gasteiger partial charge in [0.2, 0.25) is 0 Å². The molecule has 1 saturated heterocycles. The van der Waals surface area contributed by atoms with Crippen molar-refractivity contribution < 1.29 is 17.9 Å². The van der Waals surface area contributed by atoms with Crippen LogP contribution in [0.4, 0.5) is 13.2 Å². The quantitative estimate of drug-likeness (QED) is 0.770. The number of nitrogens with two attached hydrogens (primary N) is 1. The number of thiocarbonyl (C=S) groups is 1. The molecule has 0 aromatic heterocycles. The average molecular weight is 270 g/mol. The van der Waals surface area contributed by atoms with Crippen molar-refractivity contribution in [3.05, 3.63) is 0 Å². The number of rotatable bonds is 5. The lowest BCUT2D eigenvalue weighted by atomic mass is 10.1. The molecule has 1 rings (SSSR count). The summed E-state index contributed by atoms with van der Waals surface area (Å²) >= 11 is 4.47. The van der Waals surface area contributed by atoms with Crippen LogP contribution in [0.1, 0.15) is 12.8 Å².